The van der Waals surface area contributed by atoms with Gasteiger partial charge in [-0.05, 0) is 37.3 Å². The summed E-state index contributed by atoms with van der Waals surface area (Å²) in [4.78, 5) is 0.152. The zero-order valence-electron chi connectivity index (χ0n) is 10.1. The highest BCUT2D eigenvalue weighted by molar-refractivity contribution is 9.09. The van der Waals surface area contributed by atoms with Crippen molar-refractivity contribution in [2.24, 2.45) is 5.92 Å². The van der Waals surface area contributed by atoms with Crippen molar-refractivity contribution in [1.29, 1.82) is 0 Å². The van der Waals surface area contributed by atoms with Gasteiger partial charge >= 0.3 is 0 Å². The molecular formula is C13H17BrO2S. The number of hydrogen-bond acceptors (Lipinski definition) is 2. The fourth-order valence-corrected chi connectivity index (χ4v) is 5.40. The Morgan fingerprint density at radius 2 is 2.06 bits per heavy atom. The van der Waals surface area contributed by atoms with E-state index in [0.29, 0.717) is 11.5 Å². The van der Waals surface area contributed by atoms with E-state index in [-0.39, 0.29) is 10.7 Å². The molecule has 0 saturated carbocycles. The van der Waals surface area contributed by atoms with Crippen molar-refractivity contribution in [3.63, 3.8) is 0 Å². The van der Waals surface area contributed by atoms with E-state index >= 15 is 0 Å². The van der Waals surface area contributed by atoms with Crippen LogP contribution in [0.1, 0.15) is 27.9 Å². The van der Waals surface area contributed by atoms with E-state index in [1.165, 1.54) is 16.7 Å². The number of benzene rings is 1. The summed E-state index contributed by atoms with van der Waals surface area (Å²) >= 11 is 3.68. The predicted molar refractivity (Wildman–Crippen MR) is 74.3 cm³/mol. The average Bonchev–Trinajstić information content (AvgIpc) is 2.61. The maximum Gasteiger partial charge on any atom is 0.150 e. The lowest BCUT2D eigenvalue weighted by Gasteiger charge is -2.19. The highest BCUT2D eigenvalue weighted by Gasteiger charge is 2.33. The molecule has 17 heavy (non-hydrogen) atoms. The fourth-order valence-electron chi connectivity index (χ4n) is 2.37. The molecule has 0 aromatic heterocycles. The Balaban J connectivity index is 2.26. The van der Waals surface area contributed by atoms with Gasteiger partial charge in [-0.15, -0.1) is 0 Å². The van der Waals surface area contributed by atoms with Crippen LogP contribution in [0.3, 0.4) is 0 Å². The largest absolute Gasteiger partial charge is 0.229 e. The molecule has 1 fully saturated rings. The molecular weight excluding hydrogens is 300 g/mol. The Morgan fingerprint density at radius 1 is 1.35 bits per heavy atom. The van der Waals surface area contributed by atoms with Crippen LogP contribution < -0.4 is 0 Å². The van der Waals surface area contributed by atoms with E-state index in [4.69, 9.17) is 0 Å². The molecule has 2 nitrogen and oxygen atoms in total. The minimum absolute atomic E-state index is 0.152. The second kappa shape index (κ2) is 4.73. The Labute approximate surface area is 111 Å². The van der Waals surface area contributed by atoms with Crippen LogP contribution in [0, 0.1) is 19.8 Å². The van der Waals surface area contributed by atoms with Gasteiger partial charge in [0.05, 0.1) is 11.5 Å². The molecule has 2 atom stereocenters. The van der Waals surface area contributed by atoms with Gasteiger partial charge in [0.2, 0.25) is 0 Å². The van der Waals surface area contributed by atoms with Crippen molar-refractivity contribution < 1.29 is 8.42 Å². The molecule has 0 radical (unpaired) electrons. The van der Waals surface area contributed by atoms with Crippen LogP contribution in [0.2, 0.25) is 0 Å². The number of rotatable bonds is 2. The molecule has 0 bridgehead atoms. The predicted octanol–water partition coefficient (Wildman–Crippen LogP) is 3.17. The molecule has 1 heterocycles. The molecule has 1 aliphatic heterocycles. The number of halogens is 1. The summed E-state index contributed by atoms with van der Waals surface area (Å²) in [6, 6.07) is 6.34. The SMILES string of the molecule is Cc1ccc(C)c(C(Br)C2CCS(=O)(=O)C2)c1. The second-order valence-electron chi connectivity index (χ2n) is 4.92. The van der Waals surface area contributed by atoms with Crippen LogP contribution in [0.25, 0.3) is 0 Å². The lowest BCUT2D eigenvalue weighted by Crippen LogP contribution is -2.11. The summed E-state index contributed by atoms with van der Waals surface area (Å²) in [5, 5.41) is 0. The first-order valence-corrected chi connectivity index (χ1v) is 8.54. The van der Waals surface area contributed by atoms with E-state index in [9.17, 15) is 8.42 Å². The summed E-state index contributed by atoms with van der Waals surface area (Å²) in [6.45, 7) is 4.14. The molecule has 2 unspecified atom stereocenters. The molecule has 0 spiro atoms. The van der Waals surface area contributed by atoms with Gasteiger partial charge in [-0.2, -0.15) is 0 Å². The first-order chi connectivity index (χ1) is 7.89. The summed E-state index contributed by atoms with van der Waals surface area (Å²) in [6.07, 6.45) is 0.769. The highest BCUT2D eigenvalue weighted by Crippen LogP contribution is 2.39. The first kappa shape index (κ1) is 13.1. The van der Waals surface area contributed by atoms with Crippen molar-refractivity contribution in [3.05, 3.63) is 34.9 Å². The van der Waals surface area contributed by atoms with E-state index in [1.54, 1.807) is 0 Å². The Hall–Kier alpha value is -0.350. The minimum Gasteiger partial charge on any atom is -0.229 e. The zero-order valence-corrected chi connectivity index (χ0v) is 12.5. The molecule has 1 aromatic rings. The van der Waals surface area contributed by atoms with Gasteiger partial charge in [-0.25, -0.2) is 8.42 Å². The maximum atomic E-state index is 11.5. The van der Waals surface area contributed by atoms with Gasteiger partial charge in [-0.3, -0.25) is 0 Å². The van der Waals surface area contributed by atoms with Crippen molar-refractivity contribution in [2.75, 3.05) is 11.5 Å². The van der Waals surface area contributed by atoms with Gasteiger partial charge in [0, 0.05) is 4.83 Å². The van der Waals surface area contributed by atoms with Crippen molar-refractivity contribution in [2.45, 2.75) is 25.1 Å². The smallest absolute Gasteiger partial charge is 0.150 e. The summed E-state index contributed by atoms with van der Waals surface area (Å²) in [7, 11) is -2.80. The van der Waals surface area contributed by atoms with Crippen LogP contribution in [-0.2, 0) is 9.84 Å². The van der Waals surface area contributed by atoms with Gasteiger partial charge < -0.3 is 0 Å². The summed E-state index contributed by atoms with van der Waals surface area (Å²) in [5.41, 5.74) is 3.67. The molecule has 94 valence electrons. The molecule has 1 aromatic carbocycles. The van der Waals surface area contributed by atoms with E-state index in [1.807, 2.05) is 0 Å². The van der Waals surface area contributed by atoms with Crippen LogP contribution in [0.4, 0.5) is 0 Å². The summed E-state index contributed by atoms with van der Waals surface area (Å²) < 4.78 is 23.0. The third-order valence-electron chi connectivity index (χ3n) is 3.41. The number of alkyl halides is 1. The third kappa shape index (κ3) is 2.91. The highest BCUT2D eigenvalue weighted by atomic mass is 79.9. The van der Waals surface area contributed by atoms with Crippen molar-refractivity contribution in [1.82, 2.24) is 0 Å². The second-order valence-corrected chi connectivity index (χ2v) is 8.14. The topological polar surface area (TPSA) is 34.1 Å². The molecule has 2 rings (SSSR count). The standard InChI is InChI=1S/C13H17BrO2S/c1-9-3-4-10(2)12(7-9)13(14)11-5-6-17(15,16)8-11/h3-4,7,11,13H,5-6,8H2,1-2H3. The van der Waals surface area contributed by atoms with Gasteiger partial charge in [0.25, 0.3) is 0 Å². The normalized spacial score (nSPS) is 24.8. The summed E-state index contributed by atoms with van der Waals surface area (Å²) in [5.74, 6) is 0.862. The van der Waals surface area contributed by atoms with E-state index in [2.05, 4.69) is 48.0 Å². The van der Waals surface area contributed by atoms with Gasteiger partial charge in [-0.1, -0.05) is 39.7 Å². The van der Waals surface area contributed by atoms with Gasteiger partial charge in [0.15, 0.2) is 9.84 Å². The average molecular weight is 317 g/mol. The number of sulfone groups is 1. The van der Waals surface area contributed by atoms with Crippen LogP contribution in [0.5, 0.6) is 0 Å². The quantitative estimate of drug-likeness (QED) is 0.785. The lowest BCUT2D eigenvalue weighted by molar-refractivity contribution is 0.578. The Kier molecular flexibility index (Phi) is 3.64. The first-order valence-electron chi connectivity index (χ1n) is 5.81. The third-order valence-corrected chi connectivity index (χ3v) is 6.45. The molecule has 0 N–H and O–H groups in total. The monoisotopic (exact) mass is 316 g/mol. The number of hydrogen-bond donors (Lipinski definition) is 0. The lowest BCUT2D eigenvalue weighted by atomic mass is 9.94. The Bertz CT molecular complexity index is 522. The fraction of sp³-hybridized carbons (Fsp3) is 0.538. The molecule has 0 amide bonds. The van der Waals surface area contributed by atoms with Crippen LogP contribution in [0.15, 0.2) is 18.2 Å². The molecule has 1 saturated heterocycles. The molecule has 0 aliphatic carbocycles. The van der Waals surface area contributed by atoms with Crippen LogP contribution >= 0.6 is 15.9 Å². The van der Waals surface area contributed by atoms with Crippen molar-refractivity contribution >= 4 is 25.8 Å². The van der Waals surface area contributed by atoms with E-state index in [0.717, 1.165) is 6.42 Å². The van der Waals surface area contributed by atoms with E-state index < -0.39 is 9.84 Å². The minimum atomic E-state index is -2.80. The number of aryl methyl sites for hydroxylation is 2. The Morgan fingerprint density at radius 3 is 2.65 bits per heavy atom. The van der Waals surface area contributed by atoms with Crippen LogP contribution in [-0.4, -0.2) is 19.9 Å². The zero-order chi connectivity index (χ0) is 12.6. The van der Waals surface area contributed by atoms with Gasteiger partial charge in [0.1, 0.15) is 0 Å². The molecule has 4 heteroatoms. The molecule has 1 aliphatic rings. The van der Waals surface area contributed by atoms with Crippen molar-refractivity contribution in [3.8, 4) is 0 Å². The maximum absolute atomic E-state index is 11.5.